The van der Waals surface area contributed by atoms with Crippen LogP contribution in [0.25, 0.3) is 0 Å². The van der Waals surface area contributed by atoms with E-state index in [1.54, 1.807) is 6.92 Å². The molecular formula is C25H33N3O4S. The van der Waals surface area contributed by atoms with Gasteiger partial charge in [-0.25, -0.2) is 4.79 Å². The highest BCUT2D eigenvalue weighted by atomic mass is 32.1. The van der Waals surface area contributed by atoms with Crippen molar-refractivity contribution in [3.05, 3.63) is 45.3 Å². The number of hydrogen-bond donors (Lipinski definition) is 2. The van der Waals surface area contributed by atoms with E-state index in [0.29, 0.717) is 23.2 Å². The summed E-state index contributed by atoms with van der Waals surface area (Å²) in [5.74, 6) is -0.672. The number of rotatable bonds is 10. The van der Waals surface area contributed by atoms with E-state index in [4.69, 9.17) is 4.74 Å². The summed E-state index contributed by atoms with van der Waals surface area (Å²) in [5.41, 5.74) is 4.17. The fraction of sp³-hybridized carbons (Fsp3) is 0.480. The number of thiophene rings is 1. The van der Waals surface area contributed by atoms with Crippen LogP contribution in [0.4, 0.5) is 10.7 Å². The first-order valence-corrected chi connectivity index (χ1v) is 12.2. The van der Waals surface area contributed by atoms with E-state index < -0.39 is 5.97 Å². The molecule has 1 aliphatic rings. The molecule has 8 heteroatoms. The number of carbonyl (C=O) groups is 3. The van der Waals surface area contributed by atoms with Gasteiger partial charge < -0.3 is 15.4 Å². The highest BCUT2D eigenvalue weighted by Crippen LogP contribution is 2.33. The van der Waals surface area contributed by atoms with Gasteiger partial charge in [0.05, 0.1) is 18.7 Å². The predicted octanol–water partition coefficient (Wildman–Crippen LogP) is 4.59. The van der Waals surface area contributed by atoms with Crippen molar-refractivity contribution in [3.8, 4) is 0 Å². The van der Waals surface area contributed by atoms with Crippen LogP contribution in [0, 0.1) is 27.7 Å². The Labute approximate surface area is 199 Å². The zero-order valence-corrected chi connectivity index (χ0v) is 20.9. The van der Waals surface area contributed by atoms with Gasteiger partial charge >= 0.3 is 5.97 Å². The van der Waals surface area contributed by atoms with E-state index in [-0.39, 0.29) is 31.4 Å². The molecule has 7 nitrogen and oxygen atoms in total. The third-order valence-corrected chi connectivity index (χ3v) is 7.02. The van der Waals surface area contributed by atoms with Crippen molar-refractivity contribution in [2.45, 2.75) is 59.9 Å². The van der Waals surface area contributed by atoms with Gasteiger partial charge in [0.15, 0.2) is 0 Å². The van der Waals surface area contributed by atoms with E-state index in [9.17, 15) is 14.4 Å². The van der Waals surface area contributed by atoms with E-state index >= 15 is 0 Å². The number of benzene rings is 1. The van der Waals surface area contributed by atoms with Gasteiger partial charge in [0.1, 0.15) is 5.00 Å². The molecule has 1 aromatic carbocycles. The standard InChI is InChI=1S/C25H33N3O4S/c1-6-32-25(31)22-17(4)18(5)33-24(22)27-20(29)12-13-28(19-10-11-19)14-21(30)26-23-15(2)8-7-9-16(23)3/h7-9,19H,6,10-14H2,1-5H3,(H,26,30)(H,27,29). The van der Waals surface area contributed by atoms with E-state index in [1.807, 2.05) is 45.9 Å². The van der Waals surface area contributed by atoms with E-state index in [0.717, 1.165) is 40.1 Å². The summed E-state index contributed by atoms with van der Waals surface area (Å²) in [6.45, 7) is 10.5. The van der Waals surface area contributed by atoms with Crippen LogP contribution in [-0.2, 0) is 14.3 Å². The van der Waals surface area contributed by atoms with Crippen molar-refractivity contribution in [1.29, 1.82) is 0 Å². The molecule has 3 rings (SSSR count). The number of esters is 1. The Bertz CT molecular complexity index is 1020. The highest BCUT2D eigenvalue weighted by Gasteiger charge is 2.31. The summed E-state index contributed by atoms with van der Waals surface area (Å²) in [7, 11) is 0. The van der Waals surface area contributed by atoms with Crippen LogP contribution in [0.1, 0.15) is 58.1 Å². The molecule has 1 heterocycles. The van der Waals surface area contributed by atoms with Gasteiger partial charge in [-0.1, -0.05) is 18.2 Å². The minimum absolute atomic E-state index is 0.0752. The maximum absolute atomic E-state index is 12.7. The molecular weight excluding hydrogens is 438 g/mol. The Balaban J connectivity index is 1.59. The van der Waals surface area contributed by atoms with Crippen LogP contribution < -0.4 is 10.6 Å². The highest BCUT2D eigenvalue weighted by molar-refractivity contribution is 7.16. The van der Waals surface area contributed by atoms with Gasteiger partial charge in [0, 0.05) is 29.6 Å². The van der Waals surface area contributed by atoms with Gasteiger partial charge in [0.2, 0.25) is 11.8 Å². The lowest BCUT2D eigenvalue weighted by molar-refractivity contribution is -0.119. The molecule has 0 spiro atoms. The normalized spacial score (nSPS) is 13.2. The number of nitrogens with one attached hydrogen (secondary N) is 2. The number of aryl methyl sites for hydroxylation is 3. The molecule has 0 saturated heterocycles. The Kier molecular flexibility index (Phi) is 8.26. The number of nitrogens with zero attached hydrogens (tertiary/aromatic N) is 1. The summed E-state index contributed by atoms with van der Waals surface area (Å²) < 4.78 is 5.16. The molecule has 178 valence electrons. The molecule has 1 saturated carbocycles. The monoisotopic (exact) mass is 471 g/mol. The Hall–Kier alpha value is -2.71. The maximum atomic E-state index is 12.7. The molecule has 0 bridgehead atoms. The second-order valence-electron chi connectivity index (χ2n) is 8.52. The summed E-state index contributed by atoms with van der Waals surface area (Å²) >= 11 is 1.38. The van der Waals surface area contributed by atoms with Crippen LogP contribution in [0.2, 0.25) is 0 Å². The third-order valence-electron chi connectivity index (χ3n) is 5.90. The molecule has 1 aromatic heterocycles. The summed E-state index contributed by atoms with van der Waals surface area (Å²) in [6.07, 6.45) is 2.31. The molecule has 33 heavy (non-hydrogen) atoms. The molecule has 0 atom stereocenters. The van der Waals surface area contributed by atoms with Crippen molar-refractivity contribution < 1.29 is 19.1 Å². The molecule has 1 aliphatic carbocycles. The lowest BCUT2D eigenvalue weighted by Gasteiger charge is -2.22. The number of hydrogen-bond acceptors (Lipinski definition) is 6. The SMILES string of the molecule is CCOC(=O)c1c(NC(=O)CCN(CC(=O)Nc2c(C)cccc2C)C2CC2)sc(C)c1C. The number of anilines is 2. The second-order valence-corrected chi connectivity index (χ2v) is 9.75. The quantitative estimate of drug-likeness (QED) is 0.495. The lowest BCUT2D eigenvalue weighted by atomic mass is 10.1. The third kappa shape index (κ3) is 6.42. The molecule has 2 amide bonds. The second kappa shape index (κ2) is 10.9. The first-order valence-electron chi connectivity index (χ1n) is 11.4. The Morgan fingerprint density at radius 1 is 1.06 bits per heavy atom. The molecule has 0 aliphatic heterocycles. The topological polar surface area (TPSA) is 87.7 Å². The van der Waals surface area contributed by atoms with Crippen molar-refractivity contribution in [2.75, 3.05) is 30.3 Å². The number of amides is 2. The minimum Gasteiger partial charge on any atom is -0.462 e. The fourth-order valence-electron chi connectivity index (χ4n) is 3.80. The maximum Gasteiger partial charge on any atom is 0.341 e. The van der Waals surface area contributed by atoms with Crippen molar-refractivity contribution >= 4 is 39.8 Å². The summed E-state index contributed by atoms with van der Waals surface area (Å²) in [6, 6.07) is 6.26. The fourth-order valence-corrected chi connectivity index (χ4v) is 4.87. The predicted molar refractivity (Wildman–Crippen MR) is 132 cm³/mol. The van der Waals surface area contributed by atoms with Crippen LogP contribution >= 0.6 is 11.3 Å². The lowest BCUT2D eigenvalue weighted by Crippen LogP contribution is -2.37. The average molecular weight is 472 g/mol. The Morgan fingerprint density at radius 3 is 2.33 bits per heavy atom. The smallest absolute Gasteiger partial charge is 0.341 e. The van der Waals surface area contributed by atoms with E-state index in [1.165, 1.54) is 11.3 Å². The van der Waals surface area contributed by atoms with Crippen molar-refractivity contribution in [1.82, 2.24) is 4.90 Å². The van der Waals surface area contributed by atoms with Gasteiger partial charge in [0.25, 0.3) is 0 Å². The Morgan fingerprint density at radius 2 is 1.73 bits per heavy atom. The summed E-state index contributed by atoms with van der Waals surface area (Å²) in [5, 5.41) is 6.44. The zero-order chi connectivity index (χ0) is 24.1. The molecule has 1 fully saturated rings. The van der Waals surface area contributed by atoms with Gasteiger partial charge in [-0.05, 0) is 64.2 Å². The molecule has 0 unspecified atom stereocenters. The number of ether oxygens (including phenoxy) is 1. The molecule has 2 N–H and O–H groups in total. The van der Waals surface area contributed by atoms with Gasteiger partial charge in [-0.2, -0.15) is 0 Å². The average Bonchev–Trinajstić information content (AvgIpc) is 3.55. The summed E-state index contributed by atoms with van der Waals surface area (Å²) in [4.78, 5) is 40.8. The first-order chi connectivity index (χ1) is 15.7. The molecule has 0 radical (unpaired) electrons. The van der Waals surface area contributed by atoms with Crippen LogP contribution in [0.15, 0.2) is 18.2 Å². The number of para-hydroxylation sites is 1. The number of carbonyl (C=O) groups excluding carboxylic acids is 3. The van der Waals surface area contributed by atoms with Gasteiger partial charge in [-0.3, -0.25) is 14.5 Å². The van der Waals surface area contributed by atoms with E-state index in [2.05, 4.69) is 15.5 Å². The van der Waals surface area contributed by atoms with Crippen LogP contribution in [0.5, 0.6) is 0 Å². The first kappa shape index (κ1) is 24.9. The van der Waals surface area contributed by atoms with Crippen molar-refractivity contribution in [2.24, 2.45) is 0 Å². The van der Waals surface area contributed by atoms with Crippen LogP contribution in [0.3, 0.4) is 0 Å². The zero-order valence-electron chi connectivity index (χ0n) is 20.0. The van der Waals surface area contributed by atoms with Crippen LogP contribution in [-0.4, -0.2) is 48.4 Å². The van der Waals surface area contributed by atoms with Gasteiger partial charge in [-0.15, -0.1) is 11.3 Å². The van der Waals surface area contributed by atoms with Crippen molar-refractivity contribution in [3.63, 3.8) is 0 Å². The largest absolute Gasteiger partial charge is 0.462 e. The molecule has 2 aromatic rings. The minimum atomic E-state index is -0.419.